The lowest BCUT2D eigenvalue weighted by atomic mass is 9.78. The molecular formula is C14H16N6O. The number of carbonyl (C=O) groups is 1. The first-order valence-corrected chi connectivity index (χ1v) is 6.36. The van der Waals surface area contributed by atoms with Crippen LogP contribution < -0.4 is 16.5 Å². The zero-order valence-electron chi connectivity index (χ0n) is 11.8. The highest BCUT2D eigenvalue weighted by Gasteiger charge is 2.36. The molecule has 1 amide bonds. The lowest BCUT2D eigenvalue weighted by Crippen LogP contribution is -2.44. The van der Waals surface area contributed by atoms with Gasteiger partial charge in [0.25, 0.3) is 0 Å². The zero-order chi connectivity index (χ0) is 15.6. The molecule has 1 aliphatic heterocycles. The topological polar surface area (TPSA) is 127 Å². The Kier molecular flexibility index (Phi) is 3.63. The number of carbonyl (C=O) groups excluding carboxylic acids is 1. The summed E-state index contributed by atoms with van der Waals surface area (Å²) >= 11 is 0. The van der Waals surface area contributed by atoms with Crippen LogP contribution in [0, 0.1) is 16.7 Å². The van der Waals surface area contributed by atoms with Gasteiger partial charge in [0.05, 0.1) is 11.1 Å². The Labute approximate surface area is 122 Å². The molecule has 1 aromatic carbocycles. The summed E-state index contributed by atoms with van der Waals surface area (Å²) < 4.78 is 0. The molecule has 2 rings (SSSR count). The van der Waals surface area contributed by atoms with Crippen LogP contribution in [0.1, 0.15) is 25.0 Å². The fourth-order valence-electron chi connectivity index (χ4n) is 2.24. The average molecular weight is 284 g/mol. The van der Waals surface area contributed by atoms with Gasteiger partial charge in [0, 0.05) is 12.1 Å². The highest BCUT2D eigenvalue weighted by atomic mass is 16.2. The molecule has 7 nitrogen and oxygen atoms in total. The van der Waals surface area contributed by atoms with Crippen molar-refractivity contribution >= 4 is 23.1 Å². The number of fused-ring (bicyclic) bond motifs is 1. The van der Waals surface area contributed by atoms with Gasteiger partial charge in [0.2, 0.25) is 11.6 Å². The van der Waals surface area contributed by atoms with Crippen molar-refractivity contribution in [1.29, 1.82) is 10.7 Å². The molecule has 21 heavy (non-hydrogen) atoms. The van der Waals surface area contributed by atoms with Gasteiger partial charge < -0.3 is 11.1 Å². The third-order valence-corrected chi connectivity index (χ3v) is 3.49. The van der Waals surface area contributed by atoms with Gasteiger partial charge in [-0.3, -0.25) is 15.6 Å². The average Bonchev–Trinajstić information content (AvgIpc) is 2.44. The highest BCUT2D eigenvalue weighted by Crippen LogP contribution is 2.34. The highest BCUT2D eigenvalue weighted by molar-refractivity contribution is 6.45. The van der Waals surface area contributed by atoms with Gasteiger partial charge in [0.1, 0.15) is 6.07 Å². The molecule has 0 unspecified atom stereocenters. The number of hydrogen-bond donors (Lipinski definition) is 4. The van der Waals surface area contributed by atoms with Crippen molar-refractivity contribution in [3.63, 3.8) is 0 Å². The van der Waals surface area contributed by atoms with Gasteiger partial charge in [-0.15, -0.1) is 0 Å². The van der Waals surface area contributed by atoms with E-state index >= 15 is 0 Å². The van der Waals surface area contributed by atoms with E-state index < -0.39 is 11.3 Å². The van der Waals surface area contributed by atoms with Crippen LogP contribution in [0.4, 0.5) is 5.69 Å². The Morgan fingerprint density at radius 1 is 1.57 bits per heavy atom. The molecular weight excluding hydrogens is 268 g/mol. The summed E-state index contributed by atoms with van der Waals surface area (Å²) in [6.07, 6.45) is 0. The van der Waals surface area contributed by atoms with E-state index in [-0.39, 0.29) is 11.6 Å². The molecule has 1 heterocycles. The molecule has 0 radical (unpaired) electrons. The van der Waals surface area contributed by atoms with Crippen LogP contribution in [0.15, 0.2) is 23.3 Å². The van der Waals surface area contributed by atoms with Crippen molar-refractivity contribution in [3.05, 3.63) is 29.3 Å². The van der Waals surface area contributed by atoms with Crippen molar-refractivity contribution in [1.82, 2.24) is 5.32 Å². The van der Waals surface area contributed by atoms with Gasteiger partial charge in [-0.1, -0.05) is 12.1 Å². The van der Waals surface area contributed by atoms with Crippen LogP contribution in [-0.2, 0) is 16.8 Å². The second kappa shape index (κ2) is 5.25. The standard InChI is InChI=1S/C14H16N6O/c1-14(2)9-4-3-5-10(8(9)7-18-13(14)21)19-20-11(6-15)12(16)17/h3-5,19H,7H2,1-2H3,(H3,16,17)(H,18,21)/b20-11+. The van der Waals surface area contributed by atoms with Crippen LogP contribution >= 0.6 is 0 Å². The summed E-state index contributed by atoms with van der Waals surface area (Å²) in [6.45, 7) is 4.09. The maximum atomic E-state index is 11.9. The Bertz CT molecular complexity index is 683. The van der Waals surface area contributed by atoms with Crippen LogP contribution in [0.5, 0.6) is 0 Å². The fourth-order valence-corrected chi connectivity index (χ4v) is 2.24. The number of hydrogen-bond acceptors (Lipinski definition) is 5. The van der Waals surface area contributed by atoms with Crippen molar-refractivity contribution in [2.45, 2.75) is 25.8 Å². The maximum absolute atomic E-state index is 11.9. The van der Waals surface area contributed by atoms with Crippen molar-refractivity contribution in [2.24, 2.45) is 10.8 Å². The van der Waals surface area contributed by atoms with Crippen molar-refractivity contribution < 1.29 is 4.79 Å². The van der Waals surface area contributed by atoms with Crippen molar-refractivity contribution in [2.75, 3.05) is 5.43 Å². The number of hydrazone groups is 1. The molecule has 0 aliphatic carbocycles. The molecule has 0 spiro atoms. The lowest BCUT2D eigenvalue weighted by Gasteiger charge is -2.32. The summed E-state index contributed by atoms with van der Waals surface area (Å²) in [4.78, 5) is 11.9. The number of benzene rings is 1. The Morgan fingerprint density at radius 3 is 2.90 bits per heavy atom. The normalized spacial score (nSPS) is 16.4. The first-order chi connectivity index (χ1) is 9.87. The Balaban J connectivity index is 2.41. The zero-order valence-corrected chi connectivity index (χ0v) is 11.8. The monoisotopic (exact) mass is 284 g/mol. The quantitative estimate of drug-likeness (QED) is 0.372. The van der Waals surface area contributed by atoms with Gasteiger partial charge in [0.15, 0.2) is 5.84 Å². The number of nitrogens with two attached hydrogens (primary N) is 1. The molecule has 0 bridgehead atoms. The van der Waals surface area contributed by atoms with Gasteiger partial charge in [-0.2, -0.15) is 10.4 Å². The van der Waals surface area contributed by atoms with Crippen LogP contribution in [0.2, 0.25) is 0 Å². The fraction of sp³-hybridized carbons (Fsp3) is 0.286. The first-order valence-electron chi connectivity index (χ1n) is 6.36. The minimum absolute atomic E-state index is 0.0305. The summed E-state index contributed by atoms with van der Waals surface area (Å²) in [5, 5.41) is 22.7. The van der Waals surface area contributed by atoms with E-state index in [4.69, 9.17) is 16.4 Å². The van der Waals surface area contributed by atoms with Crippen molar-refractivity contribution in [3.8, 4) is 6.07 Å². The number of nitrogens with zero attached hydrogens (tertiary/aromatic N) is 2. The lowest BCUT2D eigenvalue weighted by molar-refractivity contribution is -0.126. The van der Waals surface area contributed by atoms with Gasteiger partial charge in [-0.25, -0.2) is 0 Å². The Hall–Kier alpha value is -2.88. The molecule has 1 aromatic rings. The van der Waals surface area contributed by atoms with E-state index in [1.807, 2.05) is 26.0 Å². The molecule has 0 saturated heterocycles. The number of amides is 1. The third kappa shape index (κ3) is 2.56. The number of nitrogens with one attached hydrogen (secondary N) is 3. The first kappa shape index (κ1) is 14.5. The SMILES string of the molecule is CC1(C)C(=O)NCc2c(N/N=C(\C#N)C(=N)N)cccc21. The summed E-state index contributed by atoms with van der Waals surface area (Å²) in [5.74, 6) is -0.430. The number of anilines is 1. The predicted octanol–water partition coefficient (Wildman–Crippen LogP) is 0.821. The van der Waals surface area contributed by atoms with E-state index in [9.17, 15) is 4.79 Å². The number of nitriles is 1. The van der Waals surface area contributed by atoms with Crippen LogP contribution in [0.3, 0.4) is 0 Å². The molecule has 0 aromatic heterocycles. The van der Waals surface area contributed by atoms with Gasteiger partial charge in [-0.05, 0) is 25.5 Å². The number of rotatable bonds is 3. The molecule has 5 N–H and O–H groups in total. The van der Waals surface area contributed by atoms with E-state index in [0.717, 1.165) is 11.1 Å². The molecule has 0 fully saturated rings. The minimum Gasteiger partial charge on any atom is -0.382 e. The predicted molar refractivity (Wildman–Crippen MR) is 79.9 cm³/mol. The van der Waals surface area contributed by atoms with E-state index in [0.29, 0.717) is 12.2 Å². The largest absolute Gasteiger partial charge is 0.382 e. The van der Waals surface area contributed by atoms with E-state index in [2.05, 4.69) is 15.8 Å². The minimum atomic E-state index is -0.631. The van der Waals surface area contributed by atoms with Gasteiger partial charge >= 0.3 is 0 Å². The summed E-state index contributed by atoms with van der Waals surface area (Å²) in [5.41, 5.74) is 9.67. The van der Waals surface area contributed by atoms with E-state index in [1.165, 1.54) is 0 Å². The summed E-state index contributed by atoms with van der Waals surface area (Å²) in [7, 11) is 0. The second-order valence-corrected chi connectivity index (χ2v) is 5.24. The molecule has 0 atom stereocenters. The number of amidine groups is 1. The Morgan fingerprint density at radius 2 is 2.29 bits per heavy atom. The molecule has 1 aliphatic rings. The molecule has 108 valence electrons. The molecule has 7 heteroatoms. The second-order valence-electron chi connectivity index (χ2n) is 5.24. The maximum Gasteiger partial charge on any atom is 0.230 e. The smallest absolute Gasteiger partial charge is 0.230 e. The third-order valence-electron chi connectivity index (χ3n) is 3.49. The van der Waals surface area contributed by atoms with Crippen LogP contribution in [0.25, 0.3) is 0 Å². The van der Waals surface area contributed by atoms with Crippen LogP contribution in [-0.4, -0.2) is 17.5 Å². The van der Waals surface area contributed by atoms with E-state index in [1.54, 1.807) is 12.1 Å². The summed E-state index contributed by atoms with van der Waals surface area (Å²) in [6, 6.07) is 7.26. The molecule has 0 saturated carbocycles.